The number of hydrogen-bond donors (Lipinski definition) is 2. The van der Waals surface area contributed by atoms with Crippen LogP contribution >= 0.6 is 11.6 Å². The molecule has 2 N–H and O–H groups in total. The zero-order chi connectivity index (χ0) is 19.0. The van der Waals surface area contributed by atoms with Crippen molar-refractivity contribution in [3.05, 3.63) is 51.5 Å². The molecule has 0 radical (unpaired) electrons. The number of hydrogen-bond acceptors (Lipinski definition) is 7. The molecule has 4 rings (SSSR count). The zero-order valence-corrected chi connectivity index (χ0v) is 15.0. The SMILES string of the molecule is C[C@H](Nc1ncnc(N2CCOC2=O)n1)c1cc2cc(Cl)ccc2[nH]c1=O. The van der Waals surface area contributed by atoms with Gasteiger partial charge in [0.05, 0.1) is 12.6 Å². The Morgan fingerprint density at radius 2 is 2.15 bits per heavy atom. The van der Waals surface area contributed by atoms with Gasteiger partial charge in [-0.25, -0.2) is 19.7 Å². The van der Waals surface area contributed by atoms with Crippen molar-refractivity contribution in [2.24, 2.45) is 0 Å². The van der Waals surface area contributed by atoms with Crippen LogP contribution in [0.3, 0.4) is 0 Å². The van der Waals surface area contributed by atoms with E-state index in [2.05, 4.69) is 25.3 Å². The number of aromatic amines is 1. The quantitative estimate of drug-likeness (QED) is 0.708. The highest BCUT2D eigenvalue weighted by molar-refractivity contribution is 6.31. The Hall–Kier alpha value is -3.20. The number of nitrogens with one attached hydrogen (secondary N) is 2. The third-order valence-electron chi connectivity index (χ3n) is 4.21. The van der Waals surface area contributed by atoms with E-state index in [1.165, 1.54) is 11.2 Å². The zero-order valence-electron chi connectivity index (χ0n) is 14.3. The summed E-state index contributed by atoms with van der Waals surface area (Å²) in [5, 5.41) is 4.47. The second-order valence-electron chi connectivity index (χ2n) is 6.03. The maximum absolute atomic E-state index is 12.4. The highest BCUT2D eigenvalue weighted by atomic mass is 35.5. The summed E-state index contributed by atoms with van der Waals surface area (Å²) >= 11 is 6.03. The highest BCUT2D eigenvalue weighted by Gasteiger charge is 2.26. The molecule has 1 amide bonds. The van der Waals surface area contributed by atoms with Crippen molar-refractivity contribution in [3.8, 4) is 0 Å². The average molecular weight is 387 g/mol. The molecule has 1 aliphatic rings. The van der Waals surface area contributed by atoms with Crippen LogP contribution in [-0.2, 0) is 4.74 Å². The maximum atomic E-state index is 12.4. The lowest BCUT2D eigenvalue weighted by atomic mass is 10.1. The van der Waals surface area contributed by atoms with Crippen LogP contribution in [0.15, 0.2) is 35.4 Å². The number of amides is 1. The van der Waals surface area contributed by atoms with Gasteiger partial charge >= 0.3 is 6.09 Å². The molecule has 3 aromatic rings. The summed E-state index contributed by atoms with van der Waals surface area (Å²) in [7, 11) is 0. The lowest BCUT2D eigenvalue weighted by molar-refractivity contribution is 0.181. The van der Waals surface area contributed by atoms with E-state index in [4.69, 9.17) is 16.3 Å². The second kappa shape index (κ2) is 6.84. The molecular weight excluding hydrogens is 372 g/mol. The number of ether oxygens (including phenoxy) is 1. The third-order valence-corrected chi connectivity index (χ3v) is 4.44. The lowest BCUT2D eigenvalue weighted by Crippen LogP contribution is -2.26. The molecule has 1 fully saturated rings. The fourth-order valence-corrected chi connectivity index (χ4v) is 3.03. The molecule has 1 atom stereocenters. The predicted octanol–water partition coefficient (Wildman–Crippen LogP) is 2.50. The molecule has 27 heavy (non-hydrogen) atoms. The first-order valence-corrected chi connectivity index (χ1v) is 8.61. The van der Waals surface area contributed by atoms with Crippen LogP contribution in [0.25, 0.3) is 10.9 Å². The van der Waals surface area contributed by atoms with Crippen LogP contribution in [-0.4, -0.2) is 39.2 Å². The molecule has 138 valence electrons. The molecule has 3 heterocycles. The topological polar surface area (TPSA) is 113 Å². The first kappa shape index (κ1) is 17.2. The minimum Gasteiger partial charge on any atom is -0.447 e. The van der Waals surface area contributed by atoms with Gasteiger partial charge in [-0.2, -0.15) is 4.98 Å². The van der Waals surface area contributed by atoms with Crippen molar-refractivity contribution >= 4 is 40.5 Å². The Kier molecular flexibility index (Phi) is 4.36. The number of fused-ring (bicyclic) bond motifs is 1. The van der Waals surface area contributed by atoms with Crippen molar-refractivity contribution in [1.29, 1.82) is 0 Å². The molecule has 1 saturated heterocycles. The van der Waals surface area contributed by atoms with Gasteiger partial charge in [0.2, 0.25) is 11.9 Å². The smallest absolute Gasteiger partial charge is 0.416 e. The molecule has 0 aliphatic carbocycles. The molecule has 0 spiro atoms. The summed E-state index contributed by atoms with van der Waals surface area (Å²) in [5.41, 5.74) is 0.991. The first-order valence-electron chi connectivity index (χ1n) is 8.23. The fraction of sp³-hybridized carbons (Fsp3) is 0.235. The van der Waals surface area contributed by atoms with Crippen molar-refractivity contribution in [3.63, 3.8) is 0 Å². The van der Waals surface area contributed by atoms with E-state index in [1.54, 1.807) is 24.3 Å². The van der Waals surface area contributed by atoms with Crippen LogP contribution in [0.4, 0.5) is 16.7 Å². The highest BCUT2D eigenvalue weighted by Crippen LogP contribution is 2.21. The molecule has 1 aromatic carbocycles. The van der Waals surface area contributed by atoms with Crippen LogP contribution in [0.1, 0.15) is 18.5 Å². The number of carbonyl (C=O) groups is 1. The molecule has 1 aliphatic heterocycles. The number of halogens is 1. The van der Waals surface area contributed by atoms with Crippen LogP contribution < -0.4 is 15.8 Å². The standard InChI is InChI=1S/C17H15ClN6O3/c1-9(12-7-10-6-11(18)2-3-13(10)22-14(12)25)21-15-19-8-20-16(23-15)24-4-5-27-17(24)26/h2-3,6-9H,4-5H2,1H3,(H,22,25)(H,19,20,21,23)/t9-/m0/s1. The van der Waals surface area contributed by atoms with Gasteiger partial charge in [-0.1, -0.05) is 11.6 Å². The van der Waals surface area contributed by atoms with Gasteiger partial charge in [0.1, 0.15) is 12.9 Å². The van der Waals surface area contributed by atoms with Gasteiger partial charge in [0, 0.05) is 21.5 Å². The minimum atomic E-state index is -0.497. The van der Waals surface area contributed by atoms with E-state index in [1.807, 2.05) is 6.92 Å². The van der Waals surface area contributed by atoms with Crippen molar-refractivity contribution in [2.75, 3.05) is 23.4 Å². The lowest BCUT2D eigenvalue weighted by Gasteiger charge is -2.15. The number of benzene rings is 1. The van der Waals surface area contributed by atoms with E-state index in [0.717, 1.165) is 5.39 Å². The van der Waals surface area contributed by atoms with Gasteiger partial charge in [0.15, 0.2) is 0 Å². The molecule has 0 bridgehead atoms. The number of nitrogens with zero attached hydrogens (tertiary/aromatic N) is 4. The monoisotopic (exact) mass is 386 g/mol. The van der Waals surface area contributed by atoms with E-state index in [9.17, 15) is 9.59 Å². The molecule has 0 unspecified atom stereocenters. The Bertz CT molecular complexity index is 1090. The fourth-order valence-electron chi connectivity index (χ4n) is 2.85. The first-order chi connectivity index (χ1) is 13.0. The van der Waals surface area contributed by atoms with Gasteiger partial charge < -0.3 is 15.0 Å². The van der Waals surface area contributed by atoms with Crippen LogP contribution in [0.2, 0.25) is 5.02 Å². The Labute approximate surface area is 158 Å². The van der Waals surface area contributed by atoms with E-state index < -0.39 is 12.1 Å². The Balaban J connectivity index is 1.61. The number of pyridine rings is 1. The predicted molar refractivity (Wildman–Crippen MR) is 100 cm³/mol. The summed E-state index contributed by atoms with van der Waals surface area (Å²) in [6, 6.07) is 6.64. The van der Waals surface area contributed by atoms with E-state index in [0.29, 0.717) is 29.3 Å². The molecule has 0 saturated carbocycles. The minimum absolute atomic E-state index is 0.196. The number of anilines is 2. The largest absolute Gasteiger partial charge is 0.447 e. The molecule has 2 aromatic heterocycles. The summed E-state index contributed by atoms with van der Waals surface area (Å²) in [6.07, 6.45) is 0.802. The normalized spacial score (nSPS) is 15.0. The Morgan fingerprint density at radius 1 is 1.30 bits per heavy atom. The average Bonchev–Trinajstić information content (AvgIpc) is 3.07. The van der Waals surface area contributed by atoms with Crippen molar-refractivity contribution < 1.29 is 9.53 Å². The summed E-state index contributed by atoms with van der Waals surface area (Å²) < 4.78 is 4.89. The molecule has 9 nitrogen and oxygen atoms in total. The second-order valence-corrected chi connectivity index (χ2v) is 6.46. The van der Waals surface area contributed by atoms with Gasteiger partial charge in [-0.3, -0.25) is 4.79 Å². The number of rotatable bonds is 4. The molecule has 10 heteroatoms. The van der Waals surface area contributed by atoms with E-state index >= 15 is 0 Å². The van der Waals surface area contributed by atoms with Gasteiger partial charge in [-0.05, 0) is 31.2 Å². The number of aromatic nitrogens is 4. The van der Waals surface area contributed by atoms with Crippen LogP contribution in [0, 0.1) is 0 Å². The number of cyclic esters (lactones) is 1. The van der Waals surface area contributed by atoms with Crippen molar-refractivity contribution in [2.45, 2.75) is 13.0 Å². The van der Waals surface area contributed by atoms with E-state index in [-0.39, 0.29) is 17.5 Å². The summed E-state index contributed by atoms with van der Waals surface area (Å²) in [5.74, 6) is 0.444. The number of carbonyl (C=O) groups excluding carboxylic acids is 1. The van der Waals surface area contributed by atoms with Gasteiger partial charge in [-0.15, -0.1) is 0 Å². The molecular formula is C17H15ClN6O3. The number of H-pyrrole nitrogens is 1. The summed E-state index contributed by atoms with van der Waals surface area (Å²) in [6.45, 7) is 2.48. The van der Waals surface area contributed by atoms with Crippen LogP contribution in [0.5, 0.6) is 0 Å². The third kappa shape index (κ3) is 3.41. The maximum Gasteiger partial charge on any atom is 0.416 e. The summed E-state index contributed by atoms with van der Waals surface area (Å²) in [4.78, 5) is 40.5. The van der Waals surface area contributed by atoms with Crippen molar-refractivity contribution in [1.82, 2.24) is 19.9 Å². The van der Waals surface area contributed by atoms with Gasteiger partial charge in [0.25, 0.3) is 5.56 Å². The Morgan fingerprint density at radius 3 is 2.93 bits per heavy atom.